The summed E-state index contributed by atoms with van der Waals surface area (Å²) in [6.07, 6.45) is 5.31. The molecular weight excluding hydrogens is 314 g/mol. The highest BCUT2D eigenvalue weighted by Gasteiger charge is 2.39. The molecule has 0 unspecified atom stereocenters. The zero-order valence-electron chi connectivity index (χ0n) is 14.7. The molecule has 0 aliphatic rings. The van der Waals surface area contributed by atoms with Gasteiger partial charge in [-0.05, 0) is 42.5 Å². The Kier molecular flexibility index (Phi) is 7.83. The minimum absolute atomic E-state index is 0.0127. The van der Waals surface area contributed by atoms with Crippen molar-refractivity contribution in [1.29, 1.82) is 0 Å². The maximum Gasteiger partial charge on any atom is 0.130 e. The fourth-order valence-electron chi connectivity index (χ4n) is 3.10. The van der Waals surface area contributed by atoms with Crippen molar-refractivity contribution in [3.8, 4) is 0 Å². The summed E-state index contributed by atoms with van der Waals surface area (Å²) in [4.78, 5) is 0. The van der Waals surface area contributed by atoms with Gasteiger partial charge in [-0.3, -0.25) is 0 Å². The van der Waals surface area contributed by atoms with Gasteiger partial charge in [-0.15, -0.1) is 0 Å². The van der Waals surface area contributed by atoms with Crippen molar-refractivity contribution < 1.29 is 5.11 Å². The zero-order valence-corrected chi connectivity index (χ0v) is 15.6. The van der Waals surface area contributed by atoms with Crippen LogP contribution < -0.4 is 5.32 Å². The summed E-state index contributed by atoms with van der Waals surface area (Å²) < 4.78 is 0. The summed E-state index contributed by atoms with van der Waals surface area (Å²) in [7, 11) is 0. The van der Waals surface area contributed by atoms with E-state index in [0.717, 1.165) is 42.7 Å². The highest BCUT2D eigenvalue weighted by atomic mass is 32.2. The van der Waals surface area contributed by atoms with Crippen molar-refractivity contribution in [1.82, 2.24) is 5.32 Å². The van der Waals surface area contributed by atoms with Gasteiger partial charge < -0.3 is 10.4 Å². The first-order valence-electron chi connectivity index (χ1n) is 8.79. The highest BCUT2D eigenvalue weighted by Crippen LogP contribution is 2.34. The van der Waals surface area contributed by atoms with Crippen LogP contribution in [0.25, 0.3) is 0 Å². The lowest BCUT2D eigenvalue weighted by atomic mass is 9.79. The van der Waals surface area contributed by atoms with Crippen molar-refractivity contribution >= 4 is 11.8 Å². The van der Waals surface area contributed by atoms with Crippen LogP contribution in [0.1, 0.15) is 37.3 Å². The summed E-state index contributed by atoms with van der Waals surface area (Å²) in [6, 6.07) is 20.1. The molecule has 24 heavy (non-hydrogen) atoms. The van der Waals surface area contributed by atoms with Gasteiger partial charge in [0.1, 0.15) is 5.60 Å². The number of aliphatic hydroxyl groups is 1. The molecule has 2 nitrogen and oxygen atoms in total. The number of nitrogens with one attached hydrogen (secondary N) is 1. The molecule has 0 radical (unpaired) electrons. The number of thioether (sulfide) groups is 1. The fraction of sp³-hybridized carbons (Fsp3) is 0.429. The van der Waals surface area contributed by atoms with Gasteiger partial charge in [-0.1, -0.05) is 74.0 Å². The third-order valence-electron chi connectivity index (χ3n) is 4.46. The molecule has 130 valence electrons. The molecule has 1 atom stereocenters. The SMILES string of the molecule is CCCCN[C@@H](CCSC)C(O)(c1ccccc1)c1ccccc1. The van der Waals surface area contributed by atoms with Crippen LogP contribution in [0.4, 0.5) is 0 Å². The largest absolute Gasteiger partial charge is 0.379 e. The Balaban J connectivity index is 2.41. The van der Waals surface area contributed by atoms with Crippen LogP contribution in [0.3, 0.4) is 0 Å². The van der Waals surface area contributed by atoms with E-state index in [2.05, 4.69) is 18.5 Å². The molecule has 2 aromatic carbocycles. The standard InChI is InChI=1S/C21H29NOS/c1-3-4-16-22-20(15-17-24-2)21(23,18-11-7-5-8-12-18)19-13-9-6-10-14-19/h5-14,20,22-23H,3-4,15-17H2,1-2H3/t20-/m0/s1. The van der Waals surface area contributed by atoms with Gasteiger partial charge in [0.15, 0.2) is 0 Å². The first-order valence-corrected chi connectivity index (χ1v) is 10.2. The maximum atomic E-state index is 11.9. The smallest absolute Gasteiger partial charge is 0.130 e. The minimum atomic E-state index is -1.02. The van der Waals surface area contributed by atoms with E-state index in [1.165, 1.54) is 0 Å². The van der Waals surface area contributed by atoms with Crippen LogP contribution in [0.15, 0.2) is 60.7 Å². The van der Waals surface area contributed by atoms with Gasteiger partial charge >= 0.3 is 0 Å². The molecule has 2 N–H and O–H groups in total. The molecule has 0 saturated carbocycles. The second-order valence-corrected chi connectivity index (χ2v) is 7.13. The van der Waals surface area contributed by atoms with Crippen LogP contribution in [0.2, 0.25) is 0 Å². The van der Waals surface area contributed by atoms with Crippen molar-refractivity contribution in [2.24, 2.45) is 0 Å². The lowest BCUT2D eigenvalue weighted by Gasteiger charge is -2.38. The molecule has 0 saturated heterocycles. The third-order valence-corrected chi connectivity index (χ3v) is 5.11. The van der Waals surface area contributed by atoms with Gasteiger partial charge in [0.05, 0.1) is 0 Å². The van der Waals surface area contributed by atoms with E-state index in [9.17, 15) is 5.11 Å². The summed E-state index contributed by atoms with van der Waals surface area (Å²) in [5, 5.41) is 15.5. The number of hydrogen-bond donors (Lipinski definition) is 2. The molecule has 0 heterocycles. The Bertz CT molecular complexity index is 533. The first kappa shape index (κ1) is 19.0. The molecule has 2 aromatic rings. The van der Waals surface area contributed by atoms with E-state index in [1.54, 1.807) is 0 Å². The van der Waals surface area contributed by atoms with Crippen LogP contribution in [-0.4, -0.2) is 29.7 Å². The lowest BCUT2D eigenvalue weighted by Crippen LogP contribution is -2.50. The van der Waals surface area contributed by atoms with Crippen molar-refractivity contribution in [2.75, 3.05) is 18.6 Å². The van der Waals surface area contributed by atoms with E-state index in [-0.39, 0.29) is 6.04 Å². The Morgan fingerprint density at radius 2 is 1.54 bits per heavy atom. The normalized spacial score (nSPS) is 13.0. The van der Waals surface area contributed by atoms with Crippen LogP contribution in [0, 0.1) is 0 Å². The topological polar surface area (TPSA) is 32.3 Å². The Morgan fingerprint density at radius 3 is 2.00 bits per heavy atom. The molecule has 0 amide bonds. The predicted molar refractivity (Wildman–Crippen MR) is 106 cm³/mol. The van der Waals surface area contributed by atoms with E-state index >= 15 is 0 Å². The van der Waals surface area contributed by atoms with E-state index < -0.39 is 5.60 Å². The summed E-state index contributed by atoms with van der Waals surface area (Å²) in [5.41, 5.74) is 0.879. The molecule has 0 spiro atoms. The second kappa shape index (κ2) is 9.87. The fourth-order valence-corrected chi connectivity index (χ4v) is 3.57. The van der Waals surface area contributed by atoms with Gasteiger partial charge in [-0.25, -0.2) is 0 Å². The molecule has 0 bridgehead atoms. The Labute approximate surface area is 150 Å². The van der Waals surface area contributed by atoms with Gasteiger partial charge in [0, 0.05) is 6.04 Å². The van der Waals surface area contributed by atoms with Gasteiger partial charge in [0.2, 0.25) is 0 Å². The van der Waals surface area contributed by atoms with Crippen molar-refractivity contribution in [3.05, 3.63) is 71.8 Å². The molecule has 2 rings (SSSR count). The van der Waals surface area contributed by atoms with E-state index in [0.29, 0.717) is 0 Å². The highest BCUT2D eigenvalue weighted by molar-refractivity contribution is 7.98. The van der Waals surface area contributed by atoms with Gasteiger partial charge in [0.25, 0.3) is 0 Å². The van der Waals surface area contributed by atoms with E-state index in [1.807, 2.05) is 72.4 Å². The van der Waals surface area contributed by atoms with E-state index in [4.69, 9.17) is 0 Å². The molecule has 0 fully saturated rings. The quantitative estimate of drug-likeness (QED) is 0.626. The van der Waals surface area contributed by atoms with Gasteiger partial charge in [-0.2, -0.15) is 11.8 Å². The zero-order chi connectivity index (χ0) is 17.3. The average Bonchev–Trinajstić information content (AvgIpc) is 2.65. The summed E-state index contributed by atoms with van der Waals surface area (Å²) in [5.74, 6) is 1.02. The lowest BCUT2D eigenvalue weighted by molar-refractivity contribution is 0.0358. The van der Waals surface area contributed by atoms with Crippen LogP contribution in [0.5, 0.6) is 0 Å². The average molecular weight is 344 g/mol. The predicted octanol–water partition coefficient (Wildman–Crippen LogP) is 4.43. The Hall–Kier alpha value is -1.29. The van der Waals surface area contributed by atoms with Crippen LogP contribution >= 0.6 is 11.8 Å². The molecule has 0 aliphatic heterocycles. The number of unbranched alkanes of at least 4 members (excludes halogenated alkanes) is 1. The van der Waals surface area contributed by atoms with Crippen LogP contribution in [-0.2, 0) is 5.60 Å². The maximum absolute atomic E-state index is 11.9. The molecule has 0 aromatic heterocycles. The third kappa shape index (κ3) is 4.62. The summed E-state index contributed by atoms with van der Waals surface area (Å²) in [6.45, 7) is 3.12. The molecule has 0 aliphatic carbocycles. The number of rotatable bonds is 10. The Morgan fingerprint density at radius 1 is 1.00 bits per heavy atom. The second-order valence-electron chi connectivity index (χ2n) is 6.14. The van der Waals surface area contributed by atoms with Crippen molar-refractivity contribution in [3.63, 3.8) is 0 Å². The molecular formula is C21H29NOS. The minimum Gasteiger partial charge on any atom is -0.379 e. The monoisotopic (exact) mass is 343 g/mol. The first-order chi connectivity index (χ1) is 11.7. The number of hydrogen-bond acceptors (Lipinski definition) is 3. The summed E-state index contributed by atoms with van der Waals surface area (Å²) >= 11 is 1.82. The number of benzene rings is 2. The van der Waals surface area contributed by atoms with Crippen molar-refractivity contribution in [2.45, 2.75) is 37.8 Å². The molecule has 3 heteroatoms.